The van der Waals surface area contributed by atoms with Gasteiger partial charge >= 0.3 is 0 Å². The van der Waals surface area contributed by atoms with Crippen LogP contribution in [0.4, 0.5) is 0 Å². The molecule has 1 saturated heterocycles. The Bertz CT molecular complexity index is 753. The van der Waals surface area contributed by atoms with Crippen molar-refractivity contribution in [3.8, 4) is 0 Å². The Balaban J connectivity index is 1.45. The normalized spacial score (nSPS) is 19.5. The number of hydroxylamine groups is 2. The summed E-state index contributed by atoms with van der Waals surface area (Å²) in [5.74, 6) is 1.31. The van der Waals surface area contributed by atoms with Crippen LogP contribution in [0.15, 0.2) is 6.20 Å². The molecule has 1 saturated carbocycles. The highest BCUT2D eigenvalue weighted by molar-refractivity contribution is 5.76. The first-order valence-electron chi connectivity index (χ1n) is 12.4. The Morgan fingerprint density at radius 3 is 2.70 bits per heavy atom. The van der Waals surface area contributed by atoms with E-state index in [1.165, 1.54) is 0 Å². The number of imidazole rings is 1. The molecule has 0 bridgehead atoms. The van der Waals surface area contributed by atoms with Crippen LogP contribution < -0.4 is 5.32 Å². The zero-order valence-electron chi connectivity index (χ0n) is 20.6. The Kier molecular flexibility index (Phi) is 9.28. The first-order valence-corrected chi connectivity index (χ1v) is 12.4. The quantitative estimate of drug-likeness (QED) is 0.249. The second kappa shape index (κ2) is 11.9. The third-order valence-electron chi connectivity index (χ3n) is 7.14. The summed E-state index contributed by atoms with van der Waals surface area (Å²) in [7, 11) is 2.16. The molecule has 2 aliphatic rings. The van der Waals surface area contributed by atoms with Gasteiger partial charge in [0.15, 0.2) is 0 Å². The largest absolute Gasteiger partial charge is 0.356 e. The summed E-state index contributed by atoms with van der Waals surface area (Å²) in [6, 6.07) is 0. The predicted molar refractivity (Wildman–Crippen MR) is 126 cm³/mol. The molecule has 3 rings (SSSR count). The lowest BCUT2D eigenvalue weighted by Gasteiger charge is -2.31. The fourth-order valence-electron chi connectivity index (χ4n) is 5.08. The maximum atomic E-state index is 12.7. The lowest BCUT2D eigenvalue weighted by Crippen LogP contribution is -2.43. The zero-order valence-corrected chi connectivity index (χ0v) is 20.6. The van der Waals surface area contributed by atoms with Crippen LogP contribution in [0, 0.1) is 17.3 Å². The lowest BCUT2D eigenvalue weighted by molar-refractivity contribution is -0.154. The van der Waals surface area contributed by atoms with Crippen molar-refractivity contribution in [3.05, 3.63) is 17.7 Å². The van der Waals surface area contributed by atoms with E-state index in [1.54, 1.807) is 0 Å². The van der Waals surface area contributed by atoms with Gasteiger partial charge in [-0.05, 0) is 24.3 Å². The number of nitrogens with one attached hydrogen (secondary N) is 2. The van der Waals surface area contributed by atoms with Gasteiger partial charge in [-0.25, -0.2) is 10.0 Å². The molecule has 2 amide bonds. The van der Waals surface area contributed by atoms with E-state index in [1.807, 2.05) is 6.20 Å². The predicted octanol–water partition coefficient (Wildman–Crippen LogP) is 1.89. The maximum absolute atomic E-state index is 12.7. The van der Waals surface area contributed by atoms with Gasteiger partial charge in [0.1, 0.15) is 5.82 Å². The van der Waals surface area contributed by atoms with Gasteiger partial charge in [0, 0.05) is 64.0 Å². The van der Waals surface area contributed by atoms with Crippen LogP contribution in [0.2, 0.25) is 0 Å². The van der Waals surface area contributed by atoms with Crippen LogP contribution in [-0.4, -0.2) is 88.7 Å². The fraction of sp³-hybridized carbons (Fsp3) is 0.792. The molecule has 2 fully saturated rings. The summed E-state index contributed by atoms with van der Waals surface area (Å²) in [5, 5.41) is 13.4. The summed E-state index contributed by atoms with van der Waals surface area (Å²) < 4.78 is 0. The van der Waals surface area contributed by atoms with Crippen molar-refractivity contribution in [2.75, 3.05) is 46.3 Å². The minimum Gasteiger partial charge on any atom is -0.356 e. The SMILES string of the molecule is CN1CCN(Cc2cnc(CC(C)(C)CNC(=O)CC(CN(O)C=O)C3CCCC3)[nH]2)CC1. The van der Waals surface area contributed by atoms with Crippen molar-refractivity contribution in [1.82, 2.24) is 30.1 Å². The van der Waals surface area contributed by atoms with Crippen molar-refractivity contribution in [3.63, 3.8) is 0 Å². The van der Waals surface area contributed by atoms with Crippen molar-refractivity contribution in [2.24, 2.45) is 17.3 Å². The number of likely N-dealkylation sites (N-methyl/N-ethyl adjacent to an activating group) is 1. The summed E-state index contributed by atoms with van der Waals surface area (Å²) >= 11 is 0. The van der Waals surface area contributed by atoms with E-state index in [-0.39, 0.29) is 23.8 Å². The van der Waals surface area contributed by atoms with Crippen LogP contribution in [-0.2, 0) is 22.6 Å². The Hall–Kier alpha value is -1.97. The highest BCUT2D eigenvalue weighted by atomic mass is 16.5. The molecule has 9 heteroatoms. The highest BCUT2D eigenvalue weighted by Crippen LogP contribution is 2.33. The third kappa shape index (κ3) is 8.39. The van der Waals surface area contributed by atoms with Crippen molar-refractivity contribution in [1.29, 1.82) is 0 Å². The molecule has 3 N–H and O–H groups in total. The molecule has 9 nitrogen and oxygen atoms in total. The average molecular weight is 463 g/mol. The maximum Gasteiger partial charge on any atom is 0.233 e. The summed E-state index contributed by atoms with van der Waals surface area (Å²) in [5.41, 5.74) is 0.991. The van der Waals surface area contributed by atoms with Crippen molar-refractivity contribution < 1.29 is 14.8 Å². The van der Waals surface area contributed by atoms with Gasteiger partial charge in [0.2, 0.25) is 12.3 Å². The van der Waals surface area contributed by atoms with E-state index in [2.05, 4.69) is 46.0 Å². The number of rotatable bonds is 12. The smallest absolute Gasteiger partial charge is 0.233 e. The number of aromatic nitrogens is 2. The Morgan fingerprint density at radius 2 is 2.03 bits per heavy atom. The van der Waals surface area contributed by atoms with Gasteiger partial charge in [0.05, 0.1) is 6.54 Å². The van der Waals surface area contributed by atoms with Gasteiger partial charge in [-0.15, -0.1) is 0 Å². The molecule has 33 heavy (non-hydrogen) atoms. The molecule has 186 valence electrons. The van der Waals surface area contributed by atoms with Gasteiger partial charge in [-0.2, -0.15) is 0 Å². The van der Waals surface area contributed by atoms with Crippen LogP contribution in [0.3, 0.4) is 0 Å². The average Bonchev–Trinajstić information content (AvgIpc) is 3.46. The minimum absolute atomic E-state index is 0.00646. The van der Waals surface area contributed by atoms with Gasteiger partial charge < -0.3 is 15.2 Å². The molecule has 0 radical (unpaired) electrons. The van der Waals surface area contributed by atoms with Gasteiger partial charge in [-0.3, -0.25) is 19.7 Å². The fourth-order valence-corrected chi connectivity index (χ4v) is 5.08. The summed E-state index contributed by atoms with van der Waals surface area (Å²) in [4.78, 5) is 36.4. The summed E-state index contributed by atoms with van der Waals surface area (Å²) in [6.45, 7) is 10.3. The number of hydrogen-bond donors (Lipinski definition) is 3. The molecule has 1 aliphatic heterocycles. The lowest BCUT2D eigenvalue weighted by atomic mass is 9.86. The standard InChI is InChI=1S/C24H42N6O3/c1-24(2,13-22-25-14-21(27-22)16-29-10-8-28(3)9-11-29)17-26-23(32)12-20(15-30(33)18-31)19-6-4-5-7-19/h14,18-20,33H,4-13,15-17H2,1-3H3,(H,25,27)(H,26,32). The van der Waals surface area contributed by atoms with Crippen LogP contribution in [0.25, 0.3) is 0 Å². The Morgan fingerprint density at radius 1 is 1.33 bits per heavy atom. The first kappa shape index (κ1) is 25.6. The highest BCUT2D eigenvalue weighted by Gasteiger charge is 2.29. The van der Waals surface area contributed by atoms with E-state index in [0.29, 0.717) is 30.4 Å². The minimum atomic E-state index is -0.146. The molecule has 0 aromatic carbocycles. The van der Waals surface area contributed by atoms with E-state index in [0.717, 1.165) is 76.3 Å². The van der Waals surface area contributed by atoms with E-state index in [4.69, 9.17) is 0 Å². The number of amides is 2. The molecule has 1 unspecified atom stereocenters. The molecule has 1 aromatic heterocycles. The molecule has 2 heterocycles. The number of carbonyl (C=O) groups is 2. The molecule has 0 spiro atoms. The Labute approximate surface area is 197 Å². The first-order chi connectivity index (χ1) is 15.7. The van der Waals surface area contributed by atoms with Crippen LogP contribution >= 0.6 is 0 Å². The monoisotopic (exact) mass is 462 g/mol. The van der Waals surface area contributed by atoms with Gasteiger partial charge in [0.25, 0.3) is 0 Å². The molecule has 1 atom stereocenters. The second-order valence-electron chi connectivity index (χ2n) is 10.8. The van der Waals surface area contributed by atoms with E-state index in [9.17, 15) is 14.8 Å². The van der Waals surface area contributed by atoms with Crippen LogP contribution in [0.1, 0.15) is 57.5 Å². The topological polar surface area (TPSA) is 105 Å². The molecular weight excluding hydrogens is 420 g/mol. The number of hydrogen-bond acceptors (Lipinski definition) is 6. The number of carbonyl (C=O) groups excluding carboxylic acids is 2. The van der Waals surface area contributed by atoms with Crippen LogP contribution in [0.5, 0.6) is 0 Å². The van der Waals surface area contributed by atoms with E-state index >= 15 is 0 Å². The summed E-state index contributed by atoms with van der Waals surface area (Å²) in [6.07, 6.45) is 7.87. The third-order valence-corrected chi connectivity index (χ3v) is 7.14. The van der Waals surface area contributed by atoms with E-state index < -0.39 is 0 Å². The molecule has 1 aliphatic carbocycles. The van der Waals surface area contributed by atoms with Crippen molar-refractivity contribution in [2.45, 2.75) is 58.9 Å². The molecule has 1 aromatic rings. The number of nitrogens with zero attached hydrogens (tertiary/aromatic N) is 4. The van der Waals surface area contributed by atoms with Crippen molar-refractivity contribution >= 4 is 12.3 Å². The molecular formula is C24H42N6O3. The van der Waals surface area contributed by atoms with Gasteiger partial charge in [-0.1, -0.05) is 39.5 Å². The number of H-pyrrole nitrogens is 1. The second-order valence-corrected chi connectivity index (χ2v) is 10.8. The number of aromatic amines is 1. The zero-order chi connectivity index (χ0) is 23.8. The number of piperazine rings is 1.